The minimum absolute atomic E-state index is 0.105. The van der Waals surface area contributed by atoms with Gasteiger partial charge in [0.1, 0.15) is 0 Å². The number of non-ortho nitro benzene ring substituents is 1. The highest BCUT2D eigenvalue weighted by atomic mass is 28.4. The van der Waals surface area contributed by atoms with Crippen molar-refractivity contribution in [1.29, 1.82) is 0 Å². The summed E-state index contributed by atoms with van der Waals surface area (Å²) in [5.41, 5.74) is 0.817. The molecular formula is C24H25NO4Si. The Morgan fingerprint density at radius 1 is 0.933 bits per heavy atom. The van der Waals surface area contributed by atoms with Gasteiger partial charge < -0.3 is 4.43 Å². The minimum atomic E-state index is -2.75. The molecule has 0 aromatic heterocycles. The third kappa shape index (κ3) is 4.10. The van der Waals surface area contributed by atoms with Gasteiger partial charge in [0.05, 0.1) is 11.5 Å². The molecule has 0 fully saturated rings. The quantitative estimate of drug-likeness (QED) is 0.245. The Morgan fingerprint density at radius 3 is 1.90 bits per heavy atom. The molecule has 3 aromatic carbocycles. The van der Waals surface area contributed by atoms with Crippen molar-refractivity contribution in [2.24, 2.45) is 0 Å². The molecule has 0 aliphatic rings. The van der Waals surface area contributed by atoms with E-state index in [0.717, 1.165) is 10.4 Å². The molecule has 0 heterocycles. The average molecular weight is 420 g/mol. The zero-order valence-corrected chi connectivity index (χ0v) is 18.4. The summed E-state index contributed by atoms with van der Waals surface area (Å²) in [4.78, 5) is 22.2. The summed E-state index contributed by atoms with van der Waals surface area (Å²) in [5.74, 6) is 0. The lowest BCUT2D eigenvalue weighted by molar-refractivity contribution is -0.384. The summed E-state index contributed by atoms with van der Waals surface area (Å²) < 4.78 is 6.81. The van der Waals surface area contributed by atoms with Gasteiger partial charge >= 0.3 is 0 Å². The number of nitro benzene ring substituents is 1. The van der Waals surface area contributed by atoms with E-state index in [1.54, 1.807) is 6.07 Å². The van der Waals surface area contributed by atoms with E-state index >= 15 is 0 Å². The lowest BCUT2D eigenvalue weighted by Gasteiger charge is -2.43. The van der Waals surface area contributed by atoms with E-state index in [0.29, 0.717) is 11.8 Å². The fourth-order valence-electron chi connectivity index (χ4n) is 3.88. The van der Waals surface area contributed by atoms with E-state index in [9.17, 15) is 14.9 Å². The van der Waals surface area contributed by atoms with E-state index in [4.69, 9.17) is 4.43 Å². The summed E-state index contributed by atoms with van der Waals surface area (Å²) in [6.07, 6.45) is 0.650. The second-order valence-electron chi connectivity index (χ2n) is 8.21. The Kier molecular flexibility index (Phi) is 6.29. The molecule has 0 aliphatic carbocycles. The number of rotatable bonds is 7. The van der Waals surface area contributed by atoms with Crippen molar-refractivity contribution in [3.05, 3.63) is 100 Å². The van der Waals surface area contributed by atoms with Crippen LogP contribution in [0.4, 0.5) is 5.69 Å². The molecule has 0 amide bonds. The molecule has 154 valence electrons. The van der Waals surface area contributed by atoms with Crippen molar-refractivity contribution in [3.63, 3.8) is 0 Å². The standard InChI is InChI=1S/C24H25NO4Si/c1-24(2,3)30(22-10-6-4-7-11-22,23-12-8-5-9-13-23)29-18-19-14-15-21(25(27)28)16-20(19)17-26/h4-17H,18H2,1-3H3. The average Bonchev–Trinajstić information content (AvgIpc) is 2.74. The Bertz CT molecular complexity index is 991. The molecule has 0 atom stereocenters. The molecule has 6 heteroatoms. The van der Waals surface area contributed by atoms with Crippen LogP contribution in [-0.4, -0.2) is 19.5 Å². The maximum atomic E-state index is 11.6. The first-order chi connectivity index (χ1) is 14.3. The molecule has 0 spiro atoms. The maximum absolute atomic E-state index is 11.6. The predicted molar refractivity (Wildman–Crippen MR) is 121 cm³/mol. The summed E-state index contributed by atoms with van der Waals surface area (Å²) in [6, 6.07) is 24.7. The number of benzene rings is 3. The maximum Gasteiger partial charge on any atom is 0.270 e. The van der Waals surface area contributed by atoms with Crippen molar-refractivity contribution < 1.29 is 14.1 Å². The first kappa shape index (κ1) is 21.6. The lowest BCUT2D eigenvalue weighted by Crippen LogP contribution is -2.66. The molecule has 0 unspecified atom stereocenters. The third-order valence-corrected chi connectivity index (χ3v) is 10.3. The minimum Gasteiger partial charge on any atom is -0.403 e. The summed E-state index contributed by atoms with van der Waals surface area (Å²) in [7, 11) is -2.75. The predicted octanol–water partition coefficient (Wildman–Crippen LogP) is 4.48. The van der Waals surface area contributed by atoms with Crippen molar-refractivity contribution in [3.8, 4) is 0 Å². The van der Waals surface area contributed by atoms with E-state index < -0.39 is 13.2 Å². The molecule has 0 aliphatic heterocycles. The van der Waals surface area contributed by atoms with Crippen LogP contribution in [0.2, 0.25) is 5.04 Å². The molecule has 0 saturated carbocycles. The van der Waals surface area contributed by atoms with Gasteiger partial charge in [0.25, 0.3) is 14.0 Å². The van der Waals surface area contributed by atoms with Crippen molar-refractivity contribution >= 4 is 30.7 Å². The van der Waals surface area contributed by atoms with Crippen LogP contribution in [-0.2, 0) is 11.0 Å². The van der Waals surface area contributed by atoms with Gasteiger partial charge in [-0.1, -0.05) is 81.4 Å². The molecular weight excluding hydrogens is 394 g/mol. The SMILES string of the molecule is CC(C)(C)[Si](OCc1ccc([N+](=O)[O-])cc1C=O)(c1ccccc1)c1ccccc1. The summed E-state index contributed by atoms with van der Waals surface area (Å²) >= 11 is 0. The number of carbonyl (C=O) groups is 1. The van der Waals surface area contributed by atoms with E-state index in [2.05, 4.69) is 45.0 Å². The molecule has 3 aromatic rings. The van der Waals surface area contributed by atoms with Gasteiger partial charge in [0, 0.05) is 17.7 Å². The number of nitrogens with zero attached hydrogens (tertiary/aromatic N) is 1. The highest BCUT2D eigenvalue weighted by molar-refractivity contribution is 6.99. The number of carbonyl (C=O) groups excluding carboxylic acids is 1. The Hall–Kier alpha value is -3.09. The van der Waals surface area contributed by atoms with Gasteiger partial charge in [-0.15, -0.1) is 0 Å². The zero-order valence-electron chi connectivity index (χ0n) is 17.4. The number of aldehydes is 1. The second kappa shape index (κ2) is 8.73. The van der Waals surface area contributed by atoms with Crippen molar-refractivity contribution in [1.82, 2.24) is 0 Å². The Labute approximate surface area is 177 Å². The summed E-state index contributed by atoms with van der Waals surface area (Å²) in [6.45, 7) is 6.72. The molecule has 3 rings (SSSR count). The summed E-state index contributed by atoms with van der Waals surface area (Å²) in [5, 5.41) is 13.1. The van der Waals surface area contributed by atoms with Crippen LogP contribution in [0, 0.1) is 10.1 Å². The van der Waals surface area contributed by atoms with Crippen LogP contribution in [0.15, 0.2) is 78.9 Å². The van der Waals surface area contributed by atoms with E-state index in [1.165, 1.54) is 12.1 Å². The molecule has 0 radical (unpaired) electrons. The molecule has 0 saturated heterocycles. The van der Waals surface area contributed by atoms with E-state index in [1.807, 2.05) is 36.4 Å². The number of hydrogen-bond donors (Lipinski definition) is 0. The van der Waals surface area contributed by atoms with Crippen LogP contribution in [0.3, 0.4) is 0 Å². The fraction of sp³-hybridized carbons (Fsp3) is 0.208. The highest BCUT2D eigenvalue weighted by Crippen LogP contribution is 2.37. The number of hydrogen-bond acceptors (Lipinski definition) is 4. The zero-order chi connectivity index (χ0) is 21.8. The molecule has 0 N–H and O–H groups in total. The van der Waals surface area contributed by atoms with Crippen LogP contribution >= 0.6 is 0 Å². The highest BCUT2D eigenvalue weighted by Gasteiger charge is 2.50. The van der Waals surface area contributed by atoms with Gasteiger partial charge in [-0.3, -0.25) is 14.9 Å². The van der Waals surface area contributed by atoms with Crippen LogP contribution in [0.1, 0.15) is 36.7 Å². The van der Waals surface area contributed by atoms with Crippen molar-refractivity contribution in [2.45, 2.75) is 32.4 Å². The Balaban J connectivity index is 2.11. The number of nitro groups is 1. The largest absolute Gasteiger partial charge is 0.403 e. The Morgan fingerprint density at radius 2 is 1.47 bits per heavy atom. The lowest BCUT2D eigenvalue weighted by atomic mass is 10.1. The van der Waals surface area contributed by atoms with Gasteiger partial charge in [-0.2, -0.15) is 0 Å². The fourth-order valence-corrected chi connectivity index (χ4v) is 8.41. The first-order valence-electron chi connectivity index (χ1n) is 9.77. The molecule has 5 nitrogen and oxygen atoms in total. The molecule has 30 heavy (non-hydrogen) atoms. The van der Waals surface area contributed by atoms with Gasteiger partial charge in [-0.25, -0.2) is 0 Å². The van der Waals surface area contributed by atoms with Crippen molar-refractivity contribution in [2.75, 3.05) is 0 Å². The third-order valence-electron chi connectivity index (χ3n) is 5.33. The van der Waals surface area contributed by atoms with Crippen LogP contribution in [0.5, 0.6) is 0 Å². The van der Waals surface area contributed by atoms with Crippen LogP contribution in [0.25, 0.3) is 0 Å². The van der Waals surface area contributed by atoms with Crippen LogP contribution < -0.4 is 10.4 Å². The second-order valence-corrected chi connectivity index (χ2v) is 12.5. The normalized spacial score (nSPS) is 11.8. The van der Waals surface area contributed by atoms with E-state index in [-0.39, 0.29) is 22.9 Å². The smallest absolute Gasteiger partial charge is 0.270 e. The first-order valence-corrected chi connectivity index (χ1v) is 11.7. The van der Waals surface area contributed by atoms with Gasteiger partial charge in [-0.05, 0) is 27.0 Å². The molecule has 0 bridgehead atoms. The van der Waals surface area contributed by atoms with Gasteiger partial charge in [0.2, 0.25) is 0 Å². The topological polar surface area (TPSA) is 69.4 Å². The van der Waals surface area contributed by atoms with Gasteiger partial charge in [0.15, 0.2) is 6.29 Å². The monoisotopic (exact) mass is 419 g/mol.